The third-order valence-electron chi connectivity index (χ3n) is 1.40. The monoisotopic (exact) mass is 164 g/mol. The Morgan fingerprint density at radius 2 is 2.33 bits per heavy atom. The van der Waals surface area contributed by atoms with Crippen molar-refractivity contribution >= 4 is 0 Å². The normalized spacial score (nSPS) is 9.08. The van der Waals surface area contributed by atoms with E-state index in [9.17, 15) is 4.39 Å². The molecule has 0 saturated carbocycles. The fourth-order valence-electron chi connectivity index (χ4n) is 0.841. The molecule has 0 aliphatic carbocycles. The Labute approximate surface area is 71.2 Å². The minimum atomic E-state index is -0.379. The molecule has 0 saturated heterocycles. The highest BCUT2D eigenvalue weighted by Gasteiger charge is 2.01. The minimum absolute atomic E-state index is 0.0976. The molecule has 0 amide bonds. The quantitative estimate of drug-likeness (QED) is 0.608. The number of hydrogen-bond acceptors (Lipinski definition) is 1. The summed E-state index contributed by atoms with van der Waals surface area (Å²) >= 11 is 0. The molecular weight excluding hydrogens is 155 g/mol. The number of terminal acetylenes is 1. The maximum absolute atomic E-state index is 12.9. The summed E-state index contributed by atoms with van der Waals surface area (Å²) in [5.41, 5.74) is 0.948. The van der Waals surface area contributed by atoms with Gasteiger partial charge in [0, 0.05) is 0 Å². The van der Waals surface area contributed by atoms with E-state index in [1.54, 1.807) is 12.1 Å². The van der Waals surface area contributed by atoms with Gasteiger partial charge >= 0.3 is 0 Å². The van der Waals surface area contributed by atoms with Crippen LogP contribution in [0, 0.1) is 25.1 Å². The maximum atomic E-state index is 12.9. The maximum Gasteiger partial charge on any atom is 0.165 e. The van der Waals surface area contributed by atoms with E-state index < -0.39 is 0 Å². The molecule has 1 rings (SSSR count). The summed E-state index contributed by atoms with van der Waals surface area (Å²) in [5, 5.41) is 0. The topological polar surface area (TPSA) is 9.23 Å². The van der Waals surface area contributed by atoms with Crippen molar-refractivity contribution in [3.05, 3.63) is 29.6 Å². The van der Waals surface area contributed by atoms with E-state index in [1.165, 1.54) is 6.07 Å². The Morgan fingerprint density at radius 3 is 3.00 bits per heavy atom. The van der Waals surface area contributed by atoms with Gasteiger partial charge in [-0.2, -0.15) is 0 Å². The van der Waals surface area contributed by atoms with Crippen molar-refractivity contribution in [3.63, 3.8) is 0 Å². The lowest BCUT2D eigenvalue weighted by molar-refractivity contribution is 0.348. The second-order valence-electron chi connectivity index (χ2n) is 2.43. The number of rotatable bonds is 2. The molecule has 62 valence electrons. The zero-order valence-corrected chi connectivity index (χ0v) is 6.80. The molecule has 0 fully saturated rings. The average Bonchev–Trinajstić information content (AvgIpc) is 2.07. The van der Waals surface area contributed by atoms with Gasteiger partial charge < -0.3 is 4.74 Å². The van der Waals surface area contributed by atoms with Crippen LogP contribution in [0.1, 0.15) is 5.56 Å². The van der Waals surface area contributed by atoms with Crippen LogP contribution in [0.5, 0.6) is 5.75 Å². The first-order chi connectivity index (χ1) is 5.74. The van der Waals surface area contributed by atoms with Gasteiger partial charge in [-0.25, -0.2) is 4.39 Å². The fraction of sp³-hybridized carbons (Fsp3) is 0.200. The van der Waals surface area contributed by atoms with Gasteiger partial charge in [0.25, 0.3) is 0 Å². The molecule has 0 aromatic heterocycles. The third kappa shape index (κ3) is 2.00. The van der Waals surface area contributed by atoms with E-state index in [0.717, 1.165) is 5.56 Å². The van der Waals surface area contributed by atoms with E-state index in [2.05, 4.69) is 5.92 Å². The molecule has 0 aliphatic heterocycles. The van der Waals surface area contributed by atoms with Crippen molar-refractivity contribution in [2.75, 3.05) is 6.61 Å². The first-order valence-corrected chi connectivity index (χ1v) is 3.56. The van der Waals surface area contributed by atoms with E-state index in [-0.39, 0.29) is 18.2 Å². The zero-order valence-electron chi connectivity index (χ0n) is 6.80. The molecule has 0 aliphatic rings. The van der Waals surface area contributed by atoms with Crippen LogP contribution in [-0.2, 0) is 0 Å². The number of aryl methyl sites for hydroxylation is 1. The molecule has 1 aromatic carbocycles. The molecule has 1 aromatic rings. The lowest BCUT2D eigenvalue weighted by Gasteiger charge is -2.03. The highest BCUT2D eigenvalue weighted by Crippen LogP contribution is 2.17. The zero-order chi connectivity index (χ0) is 8.97. The third-order valence-corrected chi connectivity index (χ3v) is 1.40. The summed E-state index contributed by atoms with van der Waals surface area (Å²) in [6.45, 7) is 1.96. The predicted molar refractivity (Wildman–Crippen MR) is 45.5 cm³/mol. The van der Waals surface area contributed by atoms with Crippen LogP contribution in [-0.4, -0.2) is 6.61 Å². The first kappa shape index (κ1) is 8.61. The number of halogens is 1. The van der Waals surface area contributed by atoms with Crippen molar-refractivity contribution in [1.29, 1.82) is 0 Å². The molecular formula is C10H9FO. The Morgan fingerprint density at radius 1 is 1.58 bits per heavy atom. The van der Waals surface area contributed by atoms with Gasteiger partial charge in [-0.05, 0) is 24.6 Å². The van der Waals surface area contributed by atoms with E-state index in [1.807, 2.05) is 6.92 Å². The fourth-order valence-corrected chi connectivity index (χ4v) is 0.841. The second kappa shape index (κ2) is 3.77. The molecule has 0 radical (unpaired) electrons. The van der Waals surface area contributed by atoms with E-state index >= 15 is 0 Å². The summed E-state index contributed by atoms with van der Waals surface area (Å²) < 4.78 is 17.9. The molecule has 2 heteroatoms. The van der Waals surface area contributed by atoms with Crippen LogP contribution in [0.25, 0.3) is 0 Å². The van der Waals surface area contributed by atoms with Gasteiger partial charge in [0.2, 0.25) is 0 Å². The van der Waals surface area contributed by atoms with Gasteiger partial charge in [0.05, 0.1) is 0 Å². The molecule has 0 unspecified atom stereocenters. The Kier molecular flexibility index (Phi) is 2.71. The van der Waals surface area contributed by atoms with Gasteiger partial charge in [-0.1, -0.05) is 12.0 Å². The molecule has 1 nitrogen and oxygen atoms in total. The standard InChI is InChI=1S/C10H9FO/c1-3-6-12-10-7-8(2)4-5-9(10)11/h1,4-5,7H,6H2,2H3. The van der Waals surface area contributed by atoms with Gasteiger partial charge in [-0.3, -0.25) is 0 Å². The summed E-state index contributed by atoms with van der Waals surface area (Å²) in [6, 6.07) is 4.66. The average molecular weight is 164 g/mol. The van der Waals surface area contributed by atoms with Crippen molar-refractivity contribution in [3.8, 4) is 18.1 Å². The first-order valence-electron chi connectivity index (χ1n) is 3.56. The summed E-state index contributed by atoms with van der Waals surface area (Å²) in [5.74, 6) is 2.11. The van der Waals surface area contributed by atoms with E-state index in [0.29, 0.717) is 0 Å². The second-order valence-corrected chi connectivity index (χ2v) is 2.43. The number of ether oxygens (including phenoxy) is 1. The van der Waals surface area contributed by atoms with Gasteiger partial charge in [-0.15, -0.1) is 6.42 Å². The van der Waals surface area contributed by atoms with E-state index in [4.69, 9.17) is 11.2 Å². The molecule has 12 heavy (non-hydrogen) atoms. The lowest BCUT2D eigenvalue weighted by Crippen LogP contribution is -1.96. The Hall–Kier alpha value is -1.49. The van der Waals surface area contributed by atoms with Crippen LogP contribution < -0.4 is 4.74 Å². The Bertz CT molecular complexity index is 312. The molecule has 0 N–H and O–H groups in total. The molecule has 0 spiro atoms. The smallest absolute Gasteiger partial charge is 0.165 e. The number of hydrogen-bond donors (Lipinski definition) is 0. The highest BCUT2D eigenvalue weighted by molar-refractivity contribution is 5.29. The van der Waals surface area contributed by atoms with Gasteiger partial charge in [0.1, 0.15) is 6.61 Å². The number of benzene rings is 1. The van der Waals surface area contributed by atoms with Crippen molar-refractivity contribution in [2.24, 2.45) is 0 Å². The van der Waals surface area contributed by atoms with Crippen LogP contribution >= 0.6 is 0 Å². The van der Waals surface area contributed by atoms with Crippen LogP contribution in [0.15, 0.2) is 18.2 Å². The van der Waals surface area contributed by atoms with Gasteiger partial charge in [0.15, 0.2) is 11.6 Å². The largest absolute Gasteiger partial charge is 0.478 e. The van der Waals surface area contributed by atoms with Crippen molar-refractivity contribution in [2.45, 2.75) is 6.92 Å². The van der Waals surface area contributed by atoms with Crippen LogP contribution in [0.2, 0.25) is 0 Å². The van der Waals surface area contributed by atoms with Crippen molar-refractivity contribution in [1.82, 2.24) is 0 Å². The molecule has 0 heterocycles. The predicted octanol–water partition coefficient (Wildman–Crippen LogP) is 2.15. The van der Waals surface area contributed by atoms with Crippen molar-refractivity contribution < 1.29 is 9.13 Å². The molecule has 0 atom stereocenters. The SMILES string of the molecule is C#CCOc1cc(C)ccc1F. The minimum Gasteiger partial charge on any atom is -0.478 e. The summed E-state index contributed by atoms with van der Waals surface area (Å²) in [7, 11) is 0. The van der Waals surface area contributed by atoms with Crippen LogP contribution in [0.4, 0.5) is 4.39 Å². The summed E-state index contributed by atoms with van der Waals surface area (Å²) in [6.07, 6.45) is 4.97. The lowest BCUT2D eigenvalue weighted by atomic mass is 10.2. The highest BCUT2D eigenvalue weighted by atomic mass is 19.1. The Balaban J connectivity index is 2.84. The van der Waals surface area contributed by atoms with Crippen LogP contribution in [0.3, 0.4) is 0 Å². The summed E-state index contributed by atoms with van der Waals surface area (Å²) in [4.78, 5) is 0. The molecule has 0 bridgehead atoms.